The summed E-state index contributed by atoms with van der Waals surface area (Å²) >= 11 is 0. The molecule has 3 rings (SSSR count). The molecule has 0 radical (unpaired) electrons. The van der Waals surface area contributed by atoms with E-state index < -0.39 is 5.79 Å². The Kier molecular flexibility index (Phi) is 3.57. The SMILES string of the molecule is CC1CCOC(c2ccccc2)(c2ccc(N)c(N)c2)O1. The number of nitrogens with two attached hydrogens (primary N) is 2. The maximum Gasteiger partial charge on any atom is 0.222 e. The molecule has 0 saturated carbocycles. The Morgan fingerprint density at radius 3 is 2.43 bits per heavy atom. The number of ether oxygens (including phenoxy) is 2. The van der Waals surface area contributed by atoms with Gasteiger partial charge in [0.1, 0.15) is 0 Å². The summed E-state index contributed by atoms with van der Waals surface area (Å²) in [6.45, 7) is 2.70. The number of nitrogen functional groups attached to an aromatic ring is 2. The lowest BCUT2D eigenvalue weighted by Gasteiger charge is -2.41. The molecule has 2 aromatic rings. The summed E-state index contributed by atoms with van der Waals surface area (Å²) in [5.74, 6) is -0.916. The van der Waals surface area contributed by atoms with Crippen molar-refractivity contribution in [1.82, 2.24) is 0 Å². The molecule has 0 aliphatic carbocycles. The standard InChI is InChI=1S/C17H20N2O2/c1-12-9-10-20-17(21-12,13-5-3-2-4-6-13)14-7-8-15(18)16(19)11-14/h2-8,11-12H,9-10,18-19H2,1H3. The van der Waals surface area contributed by atoms with Crippen molar-refractivity contribution in [3.05, 3.63) is 59.7 Å². The first-order chi connectivity index (χ1) is 10.1. The van der Waals surface area contributed by atoms with E-state index >= 15 is 0 Å². The molecule has 1 aliphatic rings. The fraction of sp³-hybridized carbons (Fsp3) is 0.294. The van der Waals surface area contributed by atoms with Crippen molar-refractivity contribution in [3.63, 3.8) is 0 Å². The molecule has 2 aromatic carbocycles. The van der Waals surface area contributed by atoms with Crippen molar-refractivity contribution in [2.75, 3.05) is 18.1 Å². The Morgan fingerprint density at radius 1 is 1.00 bits per heavy atom. The van der Waals surface area contributed by atoms with Crippen LogP contribution in [-0.2, 0) is 15.3 Å². The van der Waals surface area contributed by atoms with Crippen molar-refractivity contribution >= 4 is 11.4 Å². The third-order valence-electron chi connectivity index (χ3n) is 3.82. The predicted molar refractivity (Wildman–Crippen MR) is 83.6 cm³/mol. The first kappa shape index (κ1) is 13.9. The van der Waals surface area contributed by atoms with Crippen LogP contribution in [0.15, 0.2) is 48.5 Å². The van der Waals surface area contributed by atoms with Gasteiger partial charge in [0.2, 0.25) is 5.79 Å². The zero-order valence-electron chi connectivity index (χ0n) is 12.1. The van der Waals surface area contributed by atoms with Gasteiger partial charge in [-0.05, 0) is 25.5 Å². The maximum atomic E-state index is 6.22. The van der Waals surface area contributed by atoms with Gasteiger partial charge in [0.25, 0.3) is 0 Å². The summed E-state index contributed by atoms with van der Waals surface area (Å²) in [6.07, 6.45) is 0.983. The van der Waals surface area contributed by atoms with Crippen LogP contribution < -0.4 is 11.5 Å². The Labute approximate surface area is 124 Å². The molecule has 1 saturated heterocycles. The largest absolute Gasteiger partial charge is 0.397 e. The van der Waals surface area contributed by atoms with E-state index in [0.29, 0.717) is 18.0 Å². The number of hydrogen-bond donors (Lipinski definition) is 2. The molecule has 4 nitrogen and oxygen atoms in total. The van der Waals surface area contributed by atoms with Crippen molar-refractivity contribution in [1.29, 1.82) is 0 Å². The van der Waals surface area contributed by atoms with E-state index in [2.05, 4.69) is 6.92 Å². The lowest BCUT2D eigenvalue weighted by atomic mass is 9.95. The van der Waals surface area contributed by atoms with Crippen molar-refractivity contribution in [2.45, 2.75) is 25.2 Å². The zero-order valence-corrected chi connectivity index (χ0v) is 12.1. The van der Waals surface area contributed by atoms with Crippen LogP contribution in [0.1, 0.15) is 24.5 Å². The van der Waals surface area contributed by atoms with Crippen LogP contribution >= 0.6 is 0 Å². The number of hydrogen-bond acceptors (Lipinski definition) is 4. The highest BCUT2D eigenvalue weighted by atomic mass is 16.7. The van der Waals surface area contributed by atoms with Gasteiger partial charge in [-0.3, -0.25) is 0 Å². The average molecular weight is 284 g/mol. The molecule has 1 fully saturated rings. The monoisotopic (exact) mass is 284 g/mol. The van der Waals surface area contributed by atoms with Crippen LogP contribution in [0.3, 0.4) is 0 Å². The van der Waals surface area contributed by atoms with Gasteiger partial charge in [0.15, 0.2) is 0 Å². The van der Waals surface area contributed by atoms with Gasteiger partial charge in [0, 0.05) is 11.1 Å². The molecule has 1 heterocycles. The molecule has 2 unspecified atom stereocenters. The first-order valence-corrected chi connectivity index (χ1v) is 7.14. The summed E-state index contributed by atoms with van der Waals surface area (Å²) in [4.78, 5) is 0. The zero-order chi connectivity index (χ0) is 14.9. The average Bonchev–Trinajstić information content (AvgIpc) is 2.51. The first-order valence-electron chi connectivity index (χ1n) is 7.14. The van der Waals surface area contributed by atoms with E-state index in [1.807, 2.05) is 42.5 Å². The topological polar surface area (TPSA) is 70.5 Å². The molecule has 4 heteroatoms. The molecule has 21 heavy (non-hydrogen) atoms. The summed E-state index contributed by atoms with van der Waals surface area (Å²) < 4.78 is 12.3. The number of anilines is 2. The van der Waals surface area contributed by atoms with Gasteiger partial charge in [-0.15, -0.1) is 0 Å². The molecule has 4 N–H and O–H groups in total. The van der Waals surface area contributed by atoms with Crippen LogP contribution in [-0.4, -0.2) is 12.7 Å². The smallest absolute Gasteiger partial charge is 0.222 e. The summed E-state index contributed by atoms with van der Waals surface area (Å²) in [5, 5.41) is 0. The Hall–Kier alpha value is -2.04. The van der Waals surface area contributed by atoms with E-state index in [4.69, 9.17) is 20.9 Å². The molecule has 0 spiro atoms. The highest BCUT2D eigenvalue weighted by molar-refractivity contribution is 5.64. The number of benzene rings is 2. The van der Waals surface area contributed by atoms with Crippen LogP contribution in [0.2, 0.25) is 0 Å². The van der Waals surface area contributed by atoms with Gasteiger partial charge in [-0.2, -0.15) is 0 Å². The van der Waals surface area contributed by atoms with Gasteiger partial charge >= 0.3 is 0 Å². The third kappa shape index (κ3) is 2.48. The van der Waals surface area contributed by atoms with Crippen molar-refractivity contribution in [2.24, 2.45) is 0 Å². The van der Waals surface area contributed by atoms with Crippen LogP contribution in [0.25, 0.3) is 0 Å². The molecule has 1 aliphatic heterocycles. The second-order valence-electron chi connectivity index (χ2n) is 5.39. The van der Waals surface area contributed by atoms with Crippen molar-refractivity contribution < 1.29 is 9.47 Å². The molecular weight excluding hydrogens is 264 g/mol. The fourth-order valence-corrected chi connectivity index (χ4v) is 2.65. The Balaban J connectivity index is 2.14. The highest BCUT2D eigenvalue weighted by Crippen LogP contribution is 2.40. The normalized spacial score (nSPS) is 25.7. The third-order valence-corrected chi connectivity index (χ3v) is 3.82. The minimum Gasteiger partial charge on any atom is -0.397 e. The van der Waals surface area contributed by atoms with E-state index in [1.54, 1.807) is 6.07 Å². The van der Waals surface area contributed by atoms with Gasteiger partial charge < -0.3 is 20.9 Å². The highest BCUT2D eigenvalue weighted by Gasteiger charge is 2.41. The van der Waals surface area contributed by atoms with Crippen LogP contribution in [0.4, 0.5) is 11.4 Å². The molecule has 2 atom stereocenters. The summed E-state index contributed by atoms with van der Waals surface area (Å²) in [5.41, 5.74) is 14.7. The predicted octanol–water partition coefficient (Wildman–Crippen LogP) is 2.88. The van der Waals surface area contributed by atoms with Crippen molar-refractivity contribution in [3.8, 4) is 0 Å². The quantitative estimate of drug-likeness (QED) is 0.832. The minimum absolute atomic E-state index is 0.109. The molecular formula is C17H20N2O2. The van der Waals surface area contributed by atoms with E-state index in [-0.39, 0.29) is 6.10 Å². The van der Waals surface area contributed by atoms with E-state index in [9.17, 15) is 0 Å². The van der Waals surface area contributed by atoms with Gasteiger partial charge in [-0.25, -0.2) is 0 Å². The van der Waals surface area contributed by atoms with Crippen LogP contribution in [0, 0.1) is 0 Å². The number of rotatable bonds is 2. The second-order valence-corrected chi connectivity index (χ2v) is 5.39. The Bertz CT molecular complexity index is 630. The van der Waals surface area contributed by atoms with Gasteiger partial charge in [-0.1, -0.05) is 36.4 Å². The van der Waals surface area contributed by atoms with Crippen LogP contribution in [0.5, 0.6) is 0 Å². The molecule has 0 aromatic heterocycles. The lowest BCUT2D eigenvalue weighted by molar-refractivity contribution is -0.274. The molecule has 110 valence electrons. The summed E-state index contributed by atoms with van der Waals surface area (Å²) in [6, 6.07) is 15.5. The summed E-state index contributed by atoms with van der Waals surface area (Å²) in [7, 11) is 0. The van der Waals surface area contributed by atoms with E-state index in [1.165, 1.54) is 0 Å². The van der Waals surface area contributed by atoms with Gasteiger partial charge in [0.05, 0.1) is 24.1 Å². The Morgan fingerprint density at radius 2 is 1.76 bits per heavy atom. The minimum atomic E-state index is -0.916. The molecule has 0 amide bonds. The van der Waals surface area contributed by atoms with E-state index in [0.717, 1.165) is 17.5 Å². The fourth-order valence-electron chi connectivity index (χ4n) is 2.65. The lowest BCUT2D eigenvalue weighted by Crippen LogP contribution is -2.42. The molecule has 0 bridgehead atoms. The second kappa shape index (κ2) is 5.39. The maximum absolute atomic E-state index is 6.22.